The minimum absolute atomic E-state index is 0. The van der Waals surface area contributed by atoms with Crippen LogP contribution in [-0.2, 0) is 6.42 Å². The summed E-state index contributed by atoms with van der Waals surface area (Å²) in [7, 11) is 0. The number of rotatable bonds is 5. The summed E-state index contributed by atoms with van der Waals surface area (Å²) in [5.41, 5.74) is 8.17. The lowest BCUT2D eigenvalue weighted by Crippen LogP contribution is -2.28. The molecule has 118 valence electrons. The molecule has 2 aromatic rings. The SMILES string of the molecule is Cc1ccc([C@@H](N)[C@@H](O)Cc2ccccc2)cc1[N+](=O)[O-].Cl. The van der Waals surface area contributed by atoms with Gasteiger partial charge in [-0.3, -0.25) is 10.1 Å². The topological polar surface area (TPSA) is 89.4 Å². The Kier molecular flexibility index (Phi) is 6.49. The monoisotopic (exact) mass is 322 g/mol. The summed E-state index contributed by atoms with van der Waals surface area (Å²) in [6.45, 7) is 1.67. The highest BCUT2D eigenvalue weighted by molar-refractivity contribution is 5.85. The van der Waals surface area contributed by atoms with Crippen LogP contribution in [0.3, 0.4) is 0 Å². The van der Waals surface area contributed by atoms with E-state index in [1.165, 1.54) is 6.07 Å². The zero-order valence-electron chi connectivity index (χ0n) is 12.2. The van der Waals surface area contributed by atoms with Gasteiger partial charge in [0.15, 0.2) is 0 Å². The highest BCUT2D eigenvalue weighted by atomic mass is 35.5. The second-order valence-electron chi connectivity index (χ2n) is 5.09. The van der Waals surface area contributed by atoms with Gasteiger partial charge in [0, 0.05) is 18.1 Å². The number of aliphatic hydroxyl groups is 1. The van der Waals surface area contributed by atoms with Crippen molar-refractivity contribution in [3.05, 3.63) is 75.3 Å². The summed E-state index contributed by atoms with van der Waals surface area (Å²) < 4.78 is 0. The summed E-state index contributed by atoms with van der Waals surface area (Å²) in [4.78, 5) is 10.5. The highest BCUT2D eigenvalue weighted by Gasteiger charge is 2.20. The lowest BCUT2D eigenvalue weighted by Gasteiger charge is -2.19. The Bertz CT molecular complexity index is 635. The predicted octanol–water partition coefficient (Wildman–Crippen LogP) is 2.93. The molecule has 0 aliphatic carbocycles. The molecule has 3 N–H and O–H groups in total. The molecule has 0 aliphatic rings. The van der Waals surface area contributed by atoms with Gasteiger partial charge in [-0.05, 0) is 18.1 Å². The average Bonchev–Trinajstić information content (AvgIpc) is 2.47. The first-order chi connectivity index (χ1) is 9.99. The number of hydrogen-bond donors (Lipinski definition) is 2. The molecular weight excluding hydrogens is 304 g/mol. The molecule has 0 bridgehead atoms. The van der Waals surface area contributed by atoms with E-state index in [4.69, 9.17) is 5.73 Å². The molecule has 2 aromatic carbocycles. The third-order valence-corrected chi connectivity index (χ3v) is 3.52. The molecule has 0 unspecified atom stereocenters. The number of hydrogen-bond acceptors (Lipinski definition) is 4. The molecule has 2 rings (SSSR count). The maximum Gasteiger partial charge on any atom is 0.272 e. The zero-order chi connectivity index (χ0) is 15.4. The molecule has 0 aliphatic heterocycles. The normalized spacial score (nSPS) is 13.0. The van der Waals surface area contributed by atoms with E-state index in [0.29, 0.717) is 17.5 Å². The van der Waals surface area contributed by atoms with Crippen molar-refractivity contribution in [3.63, 3.8) is 0 Å². The van der Waals surface area contributed by atoms with Crippen molar-refractivity contribution in [2.45, 2.75) is 25.5 Å². The number of halogens is 1. The number of aliphatic hydroxyl groups excluding tert-OH is 1. The number of aryl methyl sites for hydroxylation is 1. The van der Waals surface area contributed by atoms with E-state index in [9.17, 15) is 15.2 Å². The van der Waals surface area contributed by atoms with Crippen LogP contribution in [0.5, 0.6) is 0 Å². The van der Waals surface area contributed by atoms with Gasteiger partial charge in [-0.25, -0.2) is 0 Å². The molecule has 0 radical (unpaired) electrons. The van der Waals surface area contributed by atoms with Gasteiger partial charge in [0.2, 0.25) is 0 Å². The molecule has 0 aromatic heterocycles. The molecule has 6 heteroatoms. The summed E-state index contributed by atoms with van der Waals surface area (Å²) in [5, 5.41) is 21.2. The quantitative estimate of drug-likeness (QED) is 0.654. The number of nitrogens with two attached hydrogens (primary N) is 1. The zero-order valence-corrected chi connectivity index (χ0v) is 13.0. The van der Waals surface area contributed by atoms with Gasteiger partial charge in [0.1, 0.15) is 0 Å². The summed E-state index contributed by atoms with van der Waals surface area (Å²) in [6.07, 6.45) is -0.390. The molecular formula is C16H19ClN2O3. The summed E-state index contributed by atoms with van der Waals surface area (Å²) in [5.74, 6) is 0. The molecule has 2 atom stereocenters. The maximum absolute atomic E-state index is 11.0. The maximum atomic E-state index is 11.0. The van der Waals surface area contributed by atoms with Crippen LogP contribution in [0, 0.1) is 17.0 Å². The highest BCUT2D eigenvalue weighted by Crippen LogP contribution is 2.24. The van der Waals surface area contributed by atoms with Crippen LogP contribution in [0.25, 0.3) is 0 Å². The van der Waals surface area contributed by atoms with Gasteiger partial charge in [0.25, 0.3) is 5.69 Å². The Labute approximate surface area is 135 Å². The average molecular weight is 323 g/mol. The van der Waals surface area contributed by atoms with Crippen LogP contribution in [0.2, 0.25) is 0 Å². The number of nitro benzene ring substituents is 1. The van der Waals surface area contributed by atoms with Crippen LogP contribution in [0.4, 0.5) is 5.69 Å². The van der Waals surface area contributed by atoms with Gasteiger partial charge in [-0.2, -0.15) is 0 Å². The fourth-order valence-electron chi connectivity index (χ4n) is 2.24. The minimum atomic E-state index is -0.797. The molecule has 0 spiro atoms. The van der Waals surface area contributed by atoms with Crippen molar-refractivity contribution in [2.24, 2.45) is 5.73 Å². The van der Waals surface area contributed by atoms with Gasteiger partial charge >= 0.3 is 0 Å². The van der Waals surface area contributed by atoms with Crippen molar-refractivity contribution in [1.82, 2.24) is 0 Å². The largest absolute Gasteiger partial charge is 0.391 e. The number of nitro groups is 1. The van der Waals surface area contributed by atoms with Crippen molar-refractivity contribution >= 4 is 18.1 Å². The lowest BCUT2D eigenvalue weighted by molar-refractivity contribution is -0.385. The van der Waals surface area contributed by atoms with Crippen molar-refractivity contribution < 1.29 is 10.0 Å². The van der Waals surface area contributed by atoms with E-state index in [2.05, 4.69) is 0 Å². The second-order valence-corrected chi connectivity index (χ2v) is 5.09. The fourth-order valence-corrected chi connectivity index (χ4v) is 2.24. The van der Waals surface area contributed by atoms with E-state index < -0.39 is 17.1 Å². The minimum Gasteiger partial charge on any atom is -0.391 e. The third kappa shape index (κ3) is 4.27. The predicted molar refractivity (Wildman–Crippen MR) is 88.2 cm³/mol. The number of benzene rings is 2. The molecule has 0 saturated heterocycles. The molecule has 5 nitrogen and oxygen atoms in total. The van der Waals surface area contributed by atoms with Crippen LogP contribution in [0.1, 0.15) is 22.7 Å². The van der Waals surface area contributed by atoms with E-state index in [1.54, 1.807) is 19.1 Å². The number of nitrogens with zero attached hydrogens (tertiary/aromatic N) is 1. The van der Waals surface area contributed by atoms with Crippen LogP contribution in [-0.4, -0.2) is 16.1 Å². The fraction of sp³-hybridized carbons (Fsp3) is 0.250. The van der Waals surface area contributed by atoms with Crippen LogP contribution < -0.4 is 5.73 Å². The second kappa shape index (κ2) is 7.89. The molecule has 22 heavy (non-hydrogen) atoms. The molecule has 0 saturated carbocycles. The molecule has 0 fully saturated rings. The first-order valence-corrected chi connectivity index (χ1v) is 6.71. The van der Waals surface area contributed by atoms with Crippen LogP contribution >= 0.6 is 12.4 Å². The summed E-state index contributed by atoms with van der Waals surface area (Å²) >= 11 is 0. The van der Waals surface area contributed by atoms with E-state index in [1.807, 2.05) is 30.3 Å². The van der Waals surface area contributed by atoms with Gasteiger partial charge in [-0.1, -0.05) is 42.5 Å². The lowest BCUT2D eigenvalue weighted by atomic mass is 9.95. The van der Waals surface area contributed by atoms with Gasteiger partial charge in [0.05, 0.1) is 17.1 Å². The third-order valence-electron chi connectivity index (χ3n) is 3.52. The summed E-state index contributed by atoms with van der Waals surface area (Å²) in [6, 6.07) is 13.7. The Morgan fingerprint density at radius 3 is 2.45 bits per heavy atom. The smallest absolute Gasteiger partial charge is 0.272 e. The molecule has 0 heterocycles. The van der Waals surface area contributed by atoms with Crippen molar-refractivity contribution in [2.75, 3.05) is 0 Å². The first kappa shape index (κ1) is 18.1. The van der Waals surface area contributed by atoms with E-state index >= 15 is 0 Å². The Balaban J connectivity index is 0.00000242. The first-order valence-electron chi connectivity index (χ1n) is 6.71. The Hall–Kier alpha value is -1.95. The molecule has 0 amide bonds. The van der Waals surface area contributed by atoms with Gasteiger partial charge < -0.3 is 10.8 Å². The van der Waals surface area contributed by atoms with Gasteiger partial charge in [-0.15, -0.1) is 12.4 Å². The Morgan fingerprint density at radius 1 is 1.23 bits per heavy atom. The van der Waals surface area contributed by atoms with Crippen molar-refractivity contribution in [1.29, 1.82) is 0 Å². The Morgan fingerprint density at radius 2 is 1.86 bits per heavy atom. The van der Waals surface area contributed by atoms with Crippen LogP contribution in [0.15, 0.2) is 48.5 Å². The standard InChI is InChI=1S/C16H18N2O3.ClH/c1-11-7-8-13(10-14(11)18(20)21)16(17)15(19)9-12-5-3-2-4-6-12;/h2-8,10,15-16,19H,9,17H2,1H3;1H/t15-,16+;/m0./s1. The van der Waals surface area contributed by atoms with E-state index in [0.717, 1.165) is 5.56 Å². The van der Waals surface area contributed by atoms with Crippen molar-refractivity contribution in [3.8, 4) is 0 Å². The van der Waals surface area contributed by atoms with E-state index in [-0.39, 0.29) is 18.1 Å².